The van der Waals surface area contributed by atoms with Crippen molar-refractivity contribution in [2.24, 2.45) is 23.7 Å². The predicted octanol–water partition coefficient (Wildman–Crippen LogP) is 12.0. The number of fused-ring (bicyclic) bond motifs is 10. The Morgan fingerprint density at radius 2 is 1.48 bits per heavy atom. The Hall–Kier alpha value is -4.18. The molecule has 8 unspecified atom stereocenters. The molecular formula is C49H43NS2. The molecule has 9 aliphatic rings. The van der Waals surface area contributed by atoms with Gasteiger partial charge < -0.3 is 4.90 Å². The third-order valence-corrected chi connectivity index (χ3v) is 15.7. The fourth-order valence-corrected chi connectivity index (χ4v) is 13.9. The Balaban J connectivity index is 1.03. The molecule has 11 rings (SSSR count). The van der Waals surface area contributed by atoms with Gasteiger partial charge in [-0.05, 0) is 83.7 Å². The molecule has 256 valence electrons. The van der Waals surface area contributed by atoms with E-state index < -0.39 is 0 Å². The smallest absolute Gasteiger partial charge is 0.0623 e. The normalized spacial score (nSPS) is 34.3. The first-order valence-corrected chi connectivity index (χ1v) is 21.1. The molecular weight excluding hydrogens is 667 g/mol. The van der Waals surface area contributed by atoms with Crippen LogP contribution in [0.25, 0.3) is 5.57 Å². The van der Waals surface area contributed by atoms with E-state index in [1.54, 1.807) is 5.56 Å². The fraction of sp³-hybridized carbons (Fsp3) is 0.265. The van der Waals surface area contributed by atoms with Gasteiger partial charge >= 0.3 is 0 Å². The molecule has 6 aliphatic carbocycles. The Kier molecular flexibility index (Phi) is 7.51. The molecule has 3 aliphatic heterocycles. The predicted molar refractivity (Wildman–Crippen MR) is 220 cm³/mol. The van der Waals surface area contributed by atoms with Crippen molar-refractivity contribution in [1.29, 1.82) is 0 Å². The van der Waals surface area contributed by atoms with Gasteiger partial charge in [-0.1, -0.05) is 140 Å². The molecule has 52 heavy (non-hydrogen) atoms. The maximum Gasteiger partial charge on any atom is 0.0623 e. The van der Waals surface area contributed by atoms with Crippen LogP contribution < -0.4 is 0 Å². The summed E-state index contributed by atoms with van der Waals surface area (Å²) in [6, 6.07) is 17.0. The molecule has 0 saturated heterocycles. The van der Waals surface area contributed by atoms with Crippen molar-refractivity contribution < 1.29 is 0 Å². The molecule has 0 radical (unpaired) electrons. The Bertz CT molecular complexity index is 2240. The molecule has 2 aromatic rings. The van der Waals surface area contributed by atoms with Gasteiger partial charge in [0.25, 0.3) is 0 Å². The van der Waals surface area contributed by atoms with Gasteiger partial charge in [0.05, 0.1) is 6.04 Å². The summed E-state index contributed by atoms with van der Waals surface area (Å²) in [6.45, 7) is 0. The summed E-state index contributed by atoms with van der Waals surface area (Å²) in [5.74, 6) is 1.51. The number of rotatable bonds is 3. The first kappa shape index (κ1) is 31.4. The number of hydrogen-bond acceptors (Lipinski definition) is 3. The summed E-state index contributed by atoms with van der Waals surface area (Å²) in [6.07, 6.45) is 51.4. The molecule has 0 fully saturated rings. The number of allylic oxidation sites excluding steroid dienone is 19. The number of thioether (sulfide) groups is 2. The summed E-state index contributed by atoms with van der Waals surface area (Å²) in [7, 11) is 0. The van der Waals surface area contributed by atoms with Crippen molar-refractivity contribution in [1.82, 2.24) is 4.90 Å². The SMILES string of the molecule is C1=CCCC(c2cccc3c2C2(c4ccccc4SC4C=C(C5C=CC6=C(C5)N(C5=CC=CCC5)C5C=CC=CC65)C=CC42)C2C=CC=CC2S3)=C1. The van der Waals surface area contributed by atoms with Crippen LogP contribution in [-0.4, -0.2) is 21.4 Å². The molecule has 0 aromatic heterocycles. The zero-order valence-corrected chi connectivity index (χ0v) is 31.0. The van der Waals surface area contributed by atoms with Gasteiger partial charge in [-0.25, -0.2) is 0 Å². The molecule has 0 saturated carbocycles. The third kappa shape index (κ3) is 4.64. The van der Waals surface area contributed by atoms with Gasteiger partial charge in [-0.2, -0.15) is 0 Å². The zero-order valence-electron chi connectivity index (χ0n) is 29.4. The first-order chi connectivity index (χ1) is 25.8. The molecule has 2 aromatic carbocycles. The summed E-state index contributed by atoms with van der Waals surface area (Å²) >= 11 is 4.19. The van der Waals surface area contributed by atoms with Gasteiger partial charge in [0.15, 0.2) is 0 Å². The number of nitrogens with zero attached hydrogens (tertiary/aromatic N) is 1. The molecule has 1 spiro atoms. The Morgan fingerprint density at radius 1 is 0.673 bits per heavy atom. The highest BCUT2D eigenvalue weighted by Crippen LogP contribution is 2.66. The van der Waals surface area contributed by atoms with Crippen molar-refractivity contribution >= 4 is 29.1 Å². The van der Waals surface area contributed by atoms with Crippen LogP contribution in [0.2, 0.25) is 0 Å². The topological polar surface area (TPSA) is 3.24 Å². The van der Waals surface area contributed by atoms with Crippen LogP contribution >= 0.6 is 23.5 Å². The van der Waals surface area contributed by atoms with Crippen LogP contribution in [0.1, 0.15) is 48.8 Å². The average molecular weight is 710 g/mol. The molecule has 0 bridgehead atoms. The lowest BCUT2D eigenvalue weighted by atomic mass is 9.54. The van der Waals surface area contributed by atoms with E-state index in [9.17, 15) is 0 Å². The molecule has 0 N–H and O–H groups in total. The zero-order chi connectivity index (χ0) is 34.2. The summed E-state index contributed by atoms with van der Waals surface area (Å²) in [4.78, 5) is 5.63. The van der Waals surface area contributed by atoms with E-state index in [1.165, 1.54) is 49.0 Å². The standard InChI is InChI=1S/C49H43NS2/c1-3-14-32(15-4-1)36-19-13-25-46-48(36)49(39-20-8-11-23-44(39)51-46)40-21-9-12-24-45(40)52-47-31-34(27-29-41(47)49)33-26-28-38-37-18-7-10-22-42(37)50(43(38)30-33)35-16-5-2-6-17-35/h1-3,5,7-14,16,18-29,31,33,37,39,41-42,44,47H,4,6,15,17,30H2. The summed E-state index contributed by atoms with van der Waals surface area (Å²) in [5, 5.41) is 0.751. The largest absolute Gasteiger partial charge is 0.341 e. The van der Waals surface area contributed by atoms with Crippen LogP contribution in [0.3, 0.4) is 0 Å². The van der Waals surface area contributed by atoms with Gasteiger partial charge in [0, 0.05) is 60.8 Å². The highest BCUT2D eigenvalue weighted by Gasteiger charge is 2.59. The van der Waals surface area contributed by atoms with Crippen molar-refractivity contribution in [3.63, 3.8) is 0 Å². The Morgan fingerprint density at radius 3 is 2.38 bits per heavy atom. The minimum Gasteiger partial charge on any atom is -0.341 e. The van der Waals surface area contributed by atoms with Gasteiger partial charge in [0.1, 0.15) is 0 Å². The van der Waals surface area contributed by atoms with E-state index in [0.717, 1.165) is 32.1 Å². The molecule has 8 atom stereocenters. The van der Waals surface area contributed by atoms with Crippen molar-refractivity contribution in [2.45, 2.75) is 63.9 Å². The first-order valence-electron chi connectivity index (χ1n) is 19.4. The van der Waals surface area contributed by atoms with Crippen molar-refractivity contribution in [3.8, 4) is 0 Å². The van der Waals surface area contributed by atoms with E-state index in [2.05, 4.69) is 186 Å². The second-order valence-electron chi connectivity index (χ2n) is 15.6. The van der Waals surface area contributed by atoms with Crippen LogP contribution in [0.5, 0.6) is 0 Å². The minimum absolute atomic E-state index is 0.175. The second-order valence-corrected chi connectivity index (χ2v) is 18.0. The van der Waals surface area contributed by atoms with E-state index in [4.69, 9.17) is 0 Å². The van der Waals surface area contributed by atoms with Gasteiger partial charge in [-0.3, -0.25) is 0 Å². The van der Waals surface area contributed by atoms with E-state index in [-0.39, 0.29) is 5.41 Å². The average Bonchev–Trinajstić information content (AvgIpc) is 3.54. The summed E-state index contributed by atoms with van der Waals surface area (Å²) < 4.78 is 0. The van der Waals surface area contributed by atoms with Gasteiger partial charge in [-0.15, -0.1) is 23.5 Å². The molecule has 1 nitrogen and oxygen atoms in total. The second kappa shape index (κ2) is 12.5. The summed E-state index contributed by atoms with van der Waals surface area (Å²) in [5.41, 5.74) is 11.9. The number of benzene rings is 2. The minimum atomic E-state index is -0.175. The van der Waals surface area contributed by atoms with Crippen molar-refractivity contribution in [3.05, 3.63) is 197 Å². The number of hydrogen-bond donors (Lipinski definition) is 0. The lowest BCUT2D eigenvalue weighted by Gasteiger charge is -2.57. The monoisotopic (exact) mass is 709 g/mol. The molecule has 0 amide bonds. The highest BCUT2D eigenvalue weighted by atomic mass is 32.2. The van der Waals surface area contributed by atoms with E-state index >= 15 is 0 Å². The van der Waals surface area contributed by atoms with Crippen LogP contribution in [0, 0.1) is 23.7 Å². The van der Waals surface area contributed by atoms with Crippen LogP contribution in [0.4, 0.5) is 0 Å². The maximum absolute atomic E-state index is 2.72. The quantitative estimate of drug-likeness (QED) is 0.312. The van der Waals surface area contributed by atoms with Gasteiger partial charge in [0.2, 0.25) is 0 Å². The molecule has 3 heterocycles. The maximum atomic E-state index is 2.72. The van der Waals surface area contributed by atoms with Crippen LogP contribution in [0.15, 0.2) is 190 Å². The third-order valence-electron chi connectivity index (χ3n) is 13.0. The van der Waals surface area contributed by atoms with E-state index in [1.807, 2.05) is 0 Å². The lowest BCUT2D eigenvalue weighted by Crippen LogP contribution is -2.54. The lowest BCUT2D eigenvalue weighted by molar-refractivity contribution is 0.277. The van der Waals surface area contributed by atoms with Crippen molar-refractivity contribution in [2.75, 3.05) is 0 Å². The van der Waals surface area contributed by atoms with Crippen LogP contribution in [-0.2, 0) is 5.41 Å². The Labute approximate surface area is 317 Å². The molecule has 3 heteroatoms. The van der Waals surface area contributed by atoms with E-state index in [0.29, 0.717) is 40.2 Å². The fourth-order valence-electron chi connectivity index (χ4n) is 10.9. The highest BCUT2D eigenvalue weighted by molar-refractivity contribution is 8.00.